The summed E-state index contributed by atoms with van der Waals surface area (Å²) in [5.41, 5.74) is 0.674. The van der Waals surface area contributed by atoms with E-state index in [1.165, 1.54) is 0 Å². The van der Waals surface area contributed by atoms with Gasteiger partial charge in [-0.15, -0.1) is 12.4 Å². The smallest absolute Gasteiger partial charge is 0.156 e. The minimum atomic E-state index is 0. The normalized spacial score (nSPS) is 8.67. The van der Waals surface area contributed by atoms with Crippen LogP contribution in [0.4, 0.5) is 0 Å². The summed E-state index contributed by atoms with van der Waals surface area (Å²) in [6, 6.07) is 0. The lowest BCUT2D eigenvalue weighted by atomic mass is 10.5. The number of halogens is 1. The summed E-state index contributed by atoms with van der Waals surface area (Å²) >= 11 is 0. The zero-order valence-corrected chi connectivity index (χ0v) is 6.14. The van der Waals surface area contributed by atoms with Crippen LogP contribution in [0.3, 0.4) is 0 Å². The highest BCUT2D eigenvalue weighted by atomic mass is 35.5. The van der Waals surface area contributed by atoms with Crippen LogP contribution in [-0.4, -0.2) is 14.9 Å². The fourth-order valence-electron chi connectivity index (χ4n) is 0.587. The highest BCUT2D eigenvalue weighted by molar-refractivity contribution is 5.85. The molecular formula is C5H9ClN2O. The van der Waals surface area contributed by atoms with Crippen LogP contribution >= 0.6 is 12.4 Å². The number of aryl methyl sites for hydroxylation is 2. The summed E-state index contributed by atoms with van der Waals surface area (Å²) in [7, 11) is 1.77. The first-order chi connectivity index (χ1) is 3.70. The maximum absolute atomic E-state index is 8.86. The van der Waals surface area contributed by atoms with Crippen molar-refractivity contribution in [1.82, 2.24) is 9.78 Å². The van der Waals surface area contributed by atoms with Crippen molar-refractivity contribution >= 4 is 12.4 Å². The van der Waals surface area contributed by atoms with Crippen molar-refractivity contribution in [3.63, 3.8) is 0 Å². The number of aromatic nitrogens is 2. The van der Waals surface area contributed by atoms with E-state index in [9.17, 15) is 0 Å². The van der Waals surface area contributed by atoms with Crippen molar-refractivity contribution in [2.24, 2.45) is 7.05 Å². The fraction of sp³-hybridized carbons (Fsp3) is 0.400. The lowest BCUT2D eigenvalue weighted by Crippen LogP contribution is -1.86. The second-order valence-corrected chi connectivity index (χ2v) is 1.77. The topological polar surface area (TPSA) is 38.0 Å². The molecule has 3 nitrogen and oxygen atoms in total. The van der Waals surface area contributed by atoms with Crippen molar-refractivity contribution in [1.29, 1.82) is 0 Å². The van der Waals surface area contributed by atoms with Crippen LogP contribution in [0.1, 0.15) is 5.69 Å². The Labute approximate surface area is 59.7 Å². The van der Waals surface area contributed by atoms with Crippen LogP contribution in [0.15, 0.2) is 6.20 Å². The van der Waals surface area contributed by atoms with Gasteiger partial charge in [-0.2, -0.15) is 5.10 Å². The first kappa shape index (κ1) is 8.30. The van der Waals surface area contributed by atoms with E-state index >= 15 is 0 Å². The first-order valence-corrected chi connectivity index (χ1v) is 2.39. The van der Waals surface area contributed by atoms with E-state index in [-0.39, 0.29) is 18.2 Å². The van der Waals surface area contributed by atoms with Crippen molar-refractivity contribution in [2.75, 3.05) is 0 Å². The molecule has 0 saturated heterocycles. The van der Waals surface area contributed by atoms with Gasteiger partial charge in [0.25, 0.3) is 0 Å². The predicted octanol–water partition coefficient (Wildman–Crippen LogP) is 0.856. The van der Waals surface area contributed by atoms with E-state index in [1.54, 1.807) is 24.9 Å². The van der Waals surface area contributed by atoms with Crippen molar-refractivity contribution < 1.29 is 5.11 Å². The van der Waals surface area contributed by atoms with Gasteiger partial charge in [-0.3, -0.25) is 4.68 Å². The molecule has 4 heteroatoms. The van der Waals surface area contributed by atoms with Gasteiger partial charge in [0.2, 0.25) is 0 Å². The Bertz CT molecular complexity index is 177. The van der Waals surface area contributed by atoms with E-state index in [2.05, 4.69) is 5.10 Å². The molecular weight excluding hydrogens is 140 g/mol. The molecule has 0 atom stereocenters. The first-order valence-electron chi connectivity index (χ1n) is 2.39. The van der Waals surface area contributed by atoms with Gasteiger partial charge >= 0.3 is 0 Å². The van der Waals surface area contributed by atoms with Crippen LogP contribution in [0.25, 0.3) is 0 Å². The molecule has 0 bridgehead atoms. The fourth-order valence-corrected chi connectivity index (χ4v) is 0.587. The van der Waals surface area contributed by atoms with E-state index in [4.69, 9.17) is 5.11 Å². The molecule has 0 aliphatic carbocycles. The molecule has 0 unspecified atom stereocenters. The lowest BCUT2D eigenvalue weighted by Gasteiger charge is -1.79. The minimum Gasteiger partial charge on any atom is -0.504 e. The molecule has 0 fully saturated rings. The average molecular weight is 149 g/mol. The number of rotatable bonds is 0. The van der Waals surface area contributed by atoms with Gasteiger partial charge in [0.05, 0.1) is 6.20 Å². The number of hydrogen-bond donors (Lipinski definition) is 1. The van der Waals surface area contributed by atoms with Crippen LogP contribution < -0.4 is 0 Å². The molecule has 52 valence electrons. The third-order valence-corrected chi connectivity index (χ3v) is 0.988. The molecule has 0 aromatic carbocycles. The van der Waals surface area contributed by atoms with Crippen LogP contribution in [0.5, 0.6) is 5.75 Å². The monoisotopic (exact) mass is 148 g/mol. The average Bonchev–Trinajstić information content (AvgIpc) is 1.85. The number of aromatic hydroxyl groups is 1. The van der Waals surface area contributed by atoms with Gasteiger partial charge in [-0.05, 0) is 6.92 Å². The van der Waals surface area contributed by atoms with Gasteiger partial charge < -0.3 is 5.11 Å². The van der Waals surface area contributed by atoms with Crippen molar-refractivity contribution in [3.8, 4) is 5.75 Å². The third kappa shape index (κ3) is 1.61. The Morgan fingerprint density at radius 3 is 2.33 bits per heavy atom. The van der Waals surface area contributed by atoms with E-state index in [1.807, 2.05) is 0 Å². The standard InChI is InChI=1S/C5H8N2O.ClH/c1-4-5(8)3-7(2)6-4;/h3,8H,1-2H3;1H. The van der Waals surface area contributed by atoms with Gasteiger partial charge in [0.1, 0.15) is 5.69 Å². The maximum Gasteiger partial charge on any atom is 0.156 e. The predicted molar refractivity (Wildman–Crippen MR) is 36.9 cm³/mol. The molecule has 0 saturated carbocycles. The van der Waals surface area contributed by atoms with E-state index in [0.29, 0.717) is 5.69 Å². The second kappa shape index (κ2) is 2.73. The molecule has 0 spiro atoms. The molecule has 0 aliphatic heterocycles. The summed E-state index contributed by atoms with van der Waals surface area (Å²) in [6.45, 7) is 1.76. The van der Waals surface area contributed by atoms with Crippen molar-refractivity contribution in [3.05, 3.63) is 11.9 Å². The number of hydrogen-bond acceptors (Lipinski definition) is 2. The van der Waals surface area contributed by atoms with Crippen molar-refractivity contribution in [2.45, 2.75) is 6.92 Å². The third-order valence-electron chi connectivity index (χ3n) is 0.988. The summed E-state index contributed by atoms with van der Waals surface area (Å²) in [4.78, 5) is 0. The van der Waals surface area contributed by atoms with E-state index in [0.717, 1.165) is 0 Å². The van der Waals surface area contributed by atoms with Gasteiger partial charge in [0.15, 0.2) is 5.75 Å². The Morgan fingerprint density at radius 2 is 2.22 bits per heavy atom. The Hall–Kier alpha value is -0.700. The summed E-state index contributed by atoms with van der Waals surface area (Å²) in [5, 5.41) is 12.7. The summed E-state index contributed by atoms with van der Waals surface area (Å²) < 4.78 is 1.57. The number of nitrogens with zero attached hydrogens (tertiary/aromatic N) is 2. The molecule has 0 aliphatic rings. The highest BCUT2D eigenvalue weighted by Crippen LogP contribution is 2.10. The molecule has 1 aromatic rings. The molecule has 1 N–H and O–H groups in total. The summed E-state index contributed by atoms with van der Waals surface area (Å²) in [5.74, 6) is 0.257. The SMILES string of the molecule is Cc1nn(C)cc1O.Cl. The van der Waals surface area contributed by atoms with Gasteiger partial charge in [0, 0.05) is 7.05 Å². The van der Waals surface area contributed by atoms with Gasteiger partial charge in [-0.25, -0.2) is 0 Å². The molecule has 1 heterocycles. The minimum absolute atomic E-state index is 0. The van der Waals surface area contributed by atoms with E-state index < -0.39 is 0 Å². The molecule has 1 aromatic heterocycles. The zero-order valence-electron chi connectivity index (χ0n) is 5.33. The quantitative estimate of drug-likeness (QED) is 0.593. The van der Waals surface area contributed by atoms with Crippen LogP contribution in [0.2, 0.25) is 0 Å². The molecule has 0 amide bonds. The largest absolute Gasteiger partial charge is 0.504 e. The lowest BCUT2D eigenvalue weighted by molar-refractivity contribution is 0.470. The molecule has 9 heavy (non-hydrogen) atoms. The highest BCUT2D eigenvalue weighted by Gasteiger charge is 1.96. The maximum atomic E-state index is 8.86. The Balaban J connectivity index is 0.000000640. The Morgan fingerprint density at radius 1 is 1.67 bits per heavy atom. The van der Waals surface area contributed by atoms with Crippen LogP contribution in [-0.2, 0) is 7.05 Å². The second-order valence-electron chi connectivity index (χ2n) is 1.77. The van der Waals surface area contributed by atoms with Gasteiger partial charge in [-0.1, -0.05) is 0 Å². The molecule has 1 rings (SSSR count). The zero-order chi connectivity index (χ0) is 6.15. The molecule has 0 radical (unpaired) electrons. The Kier molecular flexibility index (Phi) is 2.52. The van der Waals surface area contributed by atoms with Crippen LogP contribution in [0, 0.1) is 6.92 Å². The summed E-state index contributed by atoms with van der Waals surface area (Å²) in [6.07, 6.45) is 1.56.